The van der Waals surface area contributed by atoms with Gasteiger partial charge in [0.15, 0.2) is 0 Å². The topological polar surface area (TPSA) is 49.3 Å². The number of aliphatic hydroxyl groups is 1. The fourth-order valence-corrected chi connectivity index (χ4v) is 1.27. The van der Waals surface area contributed by atoms with Gasteiger partial charge >= 0.3 is 0 Å². The van der Waals surface area contributed by atoms with E-state index in [0.29, 0.717) is 18.5 Å². The molecule has 1 rings (SSSR count). The van der Waals surface area contributed by atoms with Crippen LogP contribution in [0.25, 0.3) is 0 Å². The van der Waals surface area contributed by atoms with Crippen molar-refractivity contribution in [2.45, 2.75) is 19.8 Å². The van der Waals surface area contributed by atoms with Gasteiger partial charge in [-0.3, -0.25) is 4.79 Å². The molecule has 0 fully saturated rings. The van der Waals surface area contributed by atoms with Gasteiger partial charge in [-0.25, -0.2) is 0 Å². The number of carbonyl (C=O) groups is 1. The molecule has 3 nitrogen and oxygen atoms in total. The summed E-state index contributed by atoms with van der Waals surface area (Å²) in [6.07, 6.45) is 1.40. The first kappa shape index (κ1) is 13.3. The highest BCUT2D eigenvalue weighted by atomic mass is 16.2. The maximum Gasteiger partial charge on any atom is 0.251 e. The molecule has 0 unspecified atom stereocenters. The van der Waals surface area contributed by atoms with Crippen molar-refractivity contribution in [1.82, 2.24) is 5.32 Å². The summed E-state index contributed by atoms with van der Waals surface area (Å²) < 4.78 is 0. The third-order valence-corrected chi connectivity index (χ3v) is 2.15. The molecular formula is C14H17NO2. The zero-order chi connectivity index (χ0) is 12.5. The van der Waals surface area contributed by atoms with Gasteiger partial charge in [0.05, 0.1) is 6.61 Å². The average Bonchev–Trinajstić information content (AvgIpc) is 2.37. The predicted molar refractivity (Wildman–Crippen MR) is 67.6 cm³/mol. The summed E-state index contributed by atoms with van der Waals surface area (Å²) in [5.74, 6) is 5.69. The van der Waals surface area contributed by atoms with E-state index < -0.39 is 0 Å². The number of amides is 1. The van der Waals surface area contributed by atoms with E-state index in [4.69, 9.17) is 5.11 Å². The Morgan fingerprint density at radius 3 is 2.65 bits per heavy atom. The van der Waals surface area contributed by atoms with Crippen LogP contribution in [-0.2, 0) is 0 Å². The molecule has 3 heteroatoms. The molecule has 90 valence electrons. The molecule has 0 spiro atoms. The minimum Gasteiger partial charge on any atom is -0.395 e. The molecule has 0 bridgehead atoms. The largest absolute Gasteiger partial charge is 0.395 e. The van der Waals surface area contributed by atoms with Gasteiger partial charge in [-0.15, -0.1) is 0 Å². The lowest BCUT2D eigenvalue weighted by molar-refractivity contribution is 0.0953. The fraction of sp³-hybridized carbons (Fsp3) is 0.357. The van der Waals surface area contributed by atoms with E-state index in [2.05, 4.69) is 17.2 Å². The molecule has 1 aromatic carbocycles. The van der Waals surface area contributed by atoms with E-state index in [1.54, 1.807) is 12.1 Å². The molecule has 0 aliphatic rings. The van der Waals surface area contributed by atoms with E-state index >= 15 is 0 Å². The van der Waals surface area contributed by atoms with Gasteiger partial charge in [-0.2, -0.15) is 0 Å². The second kappa shape index (κ2) is 7.48. The van der Waals surface area contributed by atoms with Crippen molar-refractivity contribution in [3.05, 3.63) is 35.4 Å². The number of nitrogens with one attached hydrogen (secondary N) is 1. The van der Waals surface area contributed by atoms with Crippen LogP contribution in [-0.4, -0.2) is 24.2 Å². The van der Waals surface area contributed by atoms with E-state index in [-0.39, 0.29) is 12.5 Å². The van der Waals surface area contributed by atoms with E-state index in [9.17, 15) is 4.79 Å². The van der Waals surface area contributed by atoms with Gasteiger partial charge in [0.1, 0.15) is 0 Å². The molecule has 0 aliphatic carbocycles. The highest BCUT2D eigenvalue weighted by Gasteiger charge is 2.02. The Hall–Kier alpha value is -1.79. The van der Waals surface area contributed by atoms with Gasteiger partial charge in [0, 0.05) is 24.1 Å². The number of hydrogen-bond donors (Lipinski definition) is 2. The smallest absolute Gasteiger partial charge is 0.251 e. The van der Waals surface area contributed by atoms with E-state index in [0.717, 1.165) is 12.0 Å². The average molecular weight is 231 g/mol. The van der Waals surface area contributed by atoms with Gasteiger partial charge < -0.3 is 10.4 Å². The second-order valence-corrected chi connectivity index (χ2v) is 3.61. The molecule has 2 N–H and O–H groups in total. The van der Waals surface area contributed by atoms with Crippen molar-refractivity contribution < 1.29 is 9.90 Å². The van der Waals surface area contributed by atoms with Crippen molar-refractivity contribution in [2.24, 2.45) is 0 Å². The first-order valence-corrected chi connectivity index (χ1v) is 5.76. The first-order chi connectivity index (χ1) is 8.27. The van der Waals surface area contributed by atoms with E-state index in [1.807, 2.05) is 19.1 Å². The fourth-order valence-electron chi connectivity index (χ4n) is 1.27. The van der Waals surface area contributed by atoms with Crippen molar-refractivity contribution >= 4 is 5.91 Å². The second-order valence-electron chi connectivity index (χ2n) is 3.61. The lowest BCUT2D eigenvalue weighted by atomic mass is 10.1. The Morgan fingerprint density at radius 2 is 2.06 bits per heavy atom. The number of hydrogen-bond acceptors (Lipinski definition) is 2. The summed E-state index contributed by atoms with van der Waals surface area (Å²) >= 11 is 0. The molecule has 0 radical (unpaired) electrons. The van der Waals surface area contributed by atoms with Crippen molar-refractivity contribution in [3.8, 4) is 11.8 Å². The van der Waals surface area contributed by atoms with Gasteiger partial charge in [0.25, 0.3) is 5.91 Å². The van der Waals surface area contributed by atoms with Crippen LogP contribution in [0, 0.1) is 11.8 Å². The van der Waals surface area contributed by atoms with Crippen LogP contribution in [0.3, 0.4) is 0 Å². The SMILES string of the molecule is CCCNC(=O)c1ccc(C#CCCO)cc1. The maximum absolute atomic E-state index is 11.6. The Kier molecular flexibility index (Phi) is 5.84. The molecule has 17 heavy (non-hydrogen) atoms. The van der Waals surface area contributed by atoms with E-state index in [1.165, 1.54) is 0 Å². The van der Waals surface area contributed by atoms with Crippen LogP contribution >= 0.6 is 0 Å². The third-order valence-electron chi connectivity index (χ3n) is 2.15. The minimum absolute atomic E-state index is 0.0540. The van der Waals surface area contributed by atoms with Crippen LogP contribution < -0.4 is 5.32 Å². The lowest BCUT2D eigenvalue weighted by Crippen LogP contribution is -2.23. The summed E-state index contributed by atoms with van der Waals surface area (Å²) in [4.78, 5) is 11.6. The molecule has 0 saturated carbocycles. The van der Waals surface area contributed by atoms with Gasteiger partial charge in [0.2, 0.25) is 0 Å². The Balaban J connectivity index is 2.62. The Bertz CT molecular complexity index is 412. The number of rotatable bonds is 4. The standard InChI is InChI=1S/C14H17NO2/c1-2-10-15-14(17)13-8-6-12(7-9-13)5-3-4-11-16/h6-9,16H,2,4,10-11H2,1H3,(H,15,17). The summed E-state index contributed by atoms with van der Waals surface area (Å²) in [7, 11) is 0. The summed E-state index contributed by atoms with van der Waals surface area (Å²) in [6, 6.07) is 7.14. The molecule has 0 saturated heterocycles. The number of carbonyl (C=O) groups excluding carboxylic acids is 1. The molecule has 0 atom stereocenters. The van der Waals surface area contributed by atoms with Gasteiger partial charge in [-0.1, -0.05) is 18.8 Å². The summed E-state index contributed by atoms with van der Waals surface area (Å²) in [6.45, 7) is 2.78. The monoisotopic (exact) mass is 231 g/mol. The molecule has 0 aliphatic heterocycles. The third kappa shape index (κ3) is 4.71. The number of benzene rings is 1. The minimum atomic E-state index is -0.0540. The van der Waals surface area contributed by atoms with Crippen LogP contribution in [0.5, 0.6) is 0 Å². The summed E-state index contributed by atoms with van der Waals surface area (Å²) in [5.41, 5.74) is 1.50. The molecule has 1 aromatic rings. The van der Waals surface area contributed by atoms with Crippen molar-refractivity contribution in [3.63, 3.8) is 0 Å². The summed E-state index contributed by atoms with van der Waals surface area (Å²) in [5, 5.41) is 11.4. The maximum atomic E-state index is 11.6. The predicted octanol–water partition coefficient (Wildman–Crippen LogP) is 1.56. The molecule has 0 aromatic heterocycles. The van der Waals surface area contributed by atoms with Crippen LogP contribution in [0.15, 0.2) is 24.3 Å². The molecule has 0 heterocycles. The van der Waals surface area contributed by atoms with Crippen molar-refractivity contribution in [1.29, 1.82) is 0 Å². The quantitative estimate of drug-likeness (QED) is 0.773. The first-order valence-electron chi connectivity index (χ1n) is 5.76. The Labute approximate surface area is 102 Å². The zero-order valence-electron chi connectivity index (χ0n) is 9.99. The van der Waals surface area contributed by atoms with Crippen LogP contribution in [0.4, 0.5) is 0 Å². The number of aliphatic hydroxyl groups excluding tert-OH is 1. The van der Waals surface area contributed by atoms with Crippen molar-refractivity contribution in [2.75, 3.05) is 13.2 Å². The lowest BCUT2D eigenvalue weighted by Gasteiger charge is -2.02. The highest BCUT2D eigenvalue weighted by Crippen LogP contribution is 2.03. The molecule has 1 amide bonds. The molecular weight excluding hydrogens is 214 g/mol. The van der Waals surface area contributed by atoms with Crippen LogP contribution in [0.1, 0.15) is 35.7 Å². The zero-order valence-corrected chi connectivity index (χ0v) is 9.99. The normalized spacial score (nSPS) is 9.29. The Morgan fingerprint density at radius 1 is 1.35 bits per heavy atom. The van der Waals surface area contributed by atoms with Gasteiger partial charge in [-0.05, 0) is 30.7 Å². The highest BCUT2D eigenvalue weighted by molar-refractivity contribution is 5.94. The van der Waals surface area contributed by atoms with Crippen LogP contribution in [0.2, 0.25) is 0 Å².